The number of piperidine rings is 1. The first kappa shape index (κ1) is 27.9. The van der Waals surface area contributed by atoms with Crippen LogP contribution in [0.3, 0.4) is 0 Å². The molecule has 1 fully saturated rings. The molecule has 0 saturated carbocycles. The van der Waals surface area contributed by atoms with Crippen LogP contribution in [0.2, 0.25) is 0 Å². The van der Waals surface area contributed by atoms with Crippen molar-refractivity contribution in [3.8, 4) is 0 Å². The summed E-state index contributed by atoms with van der Waals surface area (Å²) in [6.07, 6.45) is 4.89. The highest BCUT2D eigenvalue weighted by molar-refractivity contribution is 7.18. The van der Waals surface area contributed by atoms with Gasteiger partial charge in [-0.1, -0.05) is 26.0 Å². The average molecular weight is 549 g/mol. The van der Waals surface area contributed by atoms with Gasteiger partial charge in [-0.3, -0.25) is 9.78 Å². The molecule has 38 heavy (non-hydrogen) atoms. The lowest BCUT2D eigenvalue weighted by molar-refractivity contribution is -0.137. The summed E-state index contributed by atoms with van der Waals surface area (Å²) in [5.41, 5.74) is -0.0568. The lowest BCUT2D eigenvalue weighted by Crippen LogP contribution is -2.40. The third kappa shape index (κ3) is 7.25. The second-order valence-corrected chi connectivity index (χ2v) is 11.6. The van der Waals surface area contributed by atoms with Gasteiger partial charge in [-0.05, 0) is 48.6 Å². The van der Waals surface area contributed by atoms with Gasteiger partial charge in [-0.15, -0.1) is 9.24 Å². The first-order chi connectivity index (χ1) is 17.9. The maximum Gasteiger partial charge on any atom is 0.416 e. The molecule has 0 radical (unpaired) electrons. The number of anilines is 2. The molecule has 1 amide bonds. The summed E-state index contributed by atoms with van der Waals surface area (Å²) in [7, 11) is 2.53. The number of amides is 1. The number of benzene rings is 1. The minimum absolute atomic E-state index is 0.139. The summed E-state index contributed by atoms with van der Waals surface area (Å²) in [5.74, 6) is 1.03. The Morgan fingerprint density at radius 1 is 1.24 bits per heavy atom. The Kier molecular flexibility index (Phi) is 8.31. The van der Waals surface area contributed by atoms with Crippen LogP contribution in [-0.4, -0.2) is 40.2 Å². The molecular weight excluding hydrogens is 516 g/mol. The number of halogens is 3. The molecule has 1 saturated heterocycles. The van der Waals surface area contributed by atoms with Gasteiger partial charge in [0.25, 0.3) is 0 Å². The van der Waals surface area contributed by atoms with Crippen molar-refractivity contribution in [1.29, 1.82) is 0 Å². The zero-order chi connectivity index (χ0) is 27.5. The summed E-state index contributed by atoms with van der Waals surface area (Å²) in [6, 6.07) is 3.73. The van der Waals surface area contributed by atoms with E-state index in [9.17, 15) is 23.1 Å². The zero-order valence-electron chi connectivity index (χ0n) is 21.4. The molecule has 1 aromatic carbocycles. The molecule has 1 aromatic heterocycles. The number of rotatable bonds is 7. The highest BCUT2D eigenvalue weighted by atomic mass is 31.0. The number of carbonyl (C=O) groups excluding carboxylic acids is 1. The number of aromatic nitrogens is 2. The van der Waals surface area contributed by atoms with Crippen LogP contribution in [0.1, 0.15) is 56.2 Å². The van der Waals surface area contributed by atoms with E-state index in [1.807, 2.05) is 11.0 Å². The lowest BCUT2D eigenvalue weighted by atomic mass is 9.95. The van der Waals surface area contributed by atoms with Crippen LogP contribution in [-0.2, 0) is 27.3 Å². The molecule has 7 nitrogen and oxygen atoms in total. The van der Waals surface area contributed by atoms with Crippen LogP contribution in [0.25, 0.3) is 0 Å². The summed E-state index contributed by atoms with van der Waals surface area (Å²) in [5, 5.41) is 12.2. The molecule has 2 aromatic rings. The van der Waals surface area contributed by atoms with Crippen LogP contribution >= 0.6 is 9.24 Å². The number of aliphatic hydroxyl groups excluding tert-OH is 1. The number of hydrogen-bond donors (Lipinski definition) is 2. The first-order valence-corrected chi connectivity index (χ1v) is 13.1. The van der Waals surface area contributed by atoms with E-state index in [4.69, 9.17) is 4.74 Å². The predicted molar refractivity (Wildman–Crippen MR) is 143 cm³/mol. The number of nitrogens with one attached hydrogen (secondary N) is 1. The number of carbonyl (C=O) groups is 1. The highest BCUT2D eigenvalue weighted by Gasteiger charge is 2.32. The quantitative estimate of drug-likeness (QED) is 0.420. The molecule has 2 atom stereocenters. The molecule has 0 bridgehead atoms. The fourth-order valence-electron chi connectivity index (χ4n) is 4.43. The minimum atomic E-state index is -4.52. The van der Waals surface area contributed by atoms with E-state index in [1.165, 1.54) is 6.20 Å². The monoisotopic (exact) mass is 548 g/mol. The molecule has 2 N–H and O–H groups in total. The third-order valence-corrected chi connectivity index (χ3v) is 6.75. The van der Waals surface area contributed by atoms with Crippen molar-refractivity contribution in [3.63, 3.8) is 0 Å². The van der Waals surface area contributed by atoms with E-state index in [0.29, 0.717) is 30.1 Å². The van der Waals surface area contributed by atoms with Gasteiger partial charge in [0.1, 0.15) is 17.7 Å². The molecule has 2 unspecified atom stereocenters. The molecule has 2 heterocycles. The zero-order valence-corrected chi connectivity index (χ0v) is 22.5. The Bertz CT molecular complexity index is 1210. The Labute approximate surface area is 222 Å². The van der Waals surface area contributed by atoms with Crippen molar-refractivity contribution >= 4 is 26.8 Å². The summed E-state index contributed by atoms with van der Waals surface area (Å²) in [6.45, 7) is 4.85. The number of hydrogen-bond acceptors (Lipinski definition) is 6. The van der Waals surface area contributed by atoms with E-state index in [-0.39, 0.29) is 29.7 Å². The van der Waals surface area contributed by atoms with Crippen LogP contribution in [0, 0.1) is 0 Å². The van der Waals surface area contributed by atoms with Crippen molar-refractivity contribution in [3.05, 3.63) is 71.0 Å². The van der Waals surface area contributed by atoms with Crippen molar-refractivity contribution in [2.75, 3.05) is 23.3 Å². The molecule has 4 rings (SSSR count). The molecule has 1 aliphatic carbocycles. The van der Waals surface area contributed by atoms with E-state index < -0.39 is 22.8 Å². The first-order valence-electron chi connectivity index (χ1n) is 12.5. The van der Waals surface area contributed by atoms with Crippen LogP contribution in [0.15, 0.2) is 54.3 Å². The number of allylic oxidation sites excluding steroid dienone is 3. The maximum atomic E-state index is 13.5. The van der Waals surface area contributed by atoms with Crippen LogP contribution in [0.4, 0.5) is 24.8 Å². The number of ether oxygens (including phenoxy) is 1. The number of aliphatic hydroxyl groups is 1. The van der Waals surface area contributed by atoms with Crippen molar-refractivity contribution < 1.29 is 27.8 Å². The second-order valence-electron chi connectivity index (χ2n) is 10.2. The van der Waals surface area contributed by atoms with E-state index in [0.717, 1.165) is 37.9 Å². The van der Waals surface area contributed by atoms with Crippen molar-refractivity contribution in [2.45, 2.75) is 63.4 Å². The topological polar surface area (TPSA) is 87.6 Å². The highest BCUT2D eigenvalue weighted by Crippen LogP contribution is 2.37. The van der Waals surface area contributed by atoms with Gasteiger partial charge in [0.05, 0.1) is 30.9 Å². The van der Waals surface area contributed by atoms with Gasteiger partial charge in [0.2, 0.25) is 5.91 Å². The minimum Gasteiger partial charge on any atom is -0.508 e. The number of nitrogens with zero attached hydrogens (tertiary/aromatic N) is 3. The summed E-state index contributed by atoms with van der Waals surface area (Å²) in [4.78, 5) is 23.5. The molecule has 204 valence electrons. The molecular formula is C27H32F3N4O3P. The van der Waals surface area contributed by atoms with Gasteiger partial charge in [0.15, 0.2) is 11.6 Å². The molecule has 11 heteroatoms. The second kappa shape index (κ2) is 11.3. The Morgan fingerprint density at radius 2 is 2.00 bits per heavy atom. The Balaban J connectivity index is 1.43. The van der Waals surface area contributed by atoms with Crippen LogP contribution in [0.5, 0.6) is 0 Å². The lowest BCUT2D eigenvalue weighted by Gasteiger charge is -2.34. The molecule has 0 spiro atoms. The van der Waals surface area contributed by atoms with Gasteiger partial charge < -0.3 is 20.1 Å². The fraction of sp³-hybridized carbons (Fsp3) is 0.444. The normalized spacial score (nSPS) is 18.5. The maximum absolute atomic E-state index is 13.5. The Hall–Kier alpha value is -3.13. The summed E-state index contributed by atoms with van der Waals surface area (Å²) >= 11 is 0. The van der Waals surface area contributed by atoms with E-state index in [2.05, 4.69) is 24.5 Å². The number of alkyl halides is 3. The fourth-order valence-corrected chi connectivity index (χ4v) is 4.60. The van der Waals surface area contributed by atoms with E-state index in [1.54, 1.807) is 32.2 Å². The summed E-state index contributed by atoms with van der Waals surface area (Å²) < 4.78 is 46.4. The standard InChI is InChI=1S/C27H32F3N4O3P/c1-26(2,38)18-10-17(11-19(13-18)27(28,29)30)12-25(36)33-23-14-31-15-24(32-23)34-9-5-6-20(16-34)37-22-8-4-3-7-21(22)35/h4,8,10-11,13-15,20,35H,3,5-7,9,12,16,38H2,1-2H3,(H,32,33,36). The molecule has 2 aliphatic rings. The van der Waals surface area contributed by atoms with Crippen molar-refractivity contribution in [1.82, 2.24) is 9.97 Å². The van der Waals surface area contributed by atoms with Gasteiger partial charge in [-0.2, -0.15) is 13.2 Å². The molecule has 1 aliphatic heterocycles. The average Bonchev–Trinajstić information content (AvgIpc) is 2.84. The van der Waals surface area contributed by atoms with Crippen molar-refractivity contribution in [2.24, 2.45) is 0 Å². The van der Waals surface area contributed by atoms with Crippen LogP contribution < -0.4 is 10.2 Å². The SMILES string of the molecule is CC(C)(P)c1cc(CC(=O)Nc2cncc(N3CCCC(OC4=C(O)CCC=C4)C3)n2)cc(C(F)(F)F)c1. The van der Waals surface area contributed by atoms with Gasteiger partial charge in [0, 0.05) is 18.1 Å². The van der Waals surface area contributed by atoms with Gasteiger partial charge >= 0.3 is 6.18 Å². The predicted octanol–water partition coefficient (Wildman–Crippen LogP) is 5.89. The third-order valence-electron chi connectivity index (χ3n) is 6.42. The van der Waals surface area contributed by atoms with Gasteiger partial charge in [-0.25, -0.2) is 4.98 Å². The Morgan fingerprint density at radius 3 is 2.71 bits per heavy atom. The van der Waals surface area contributed by atoms with E-state index >= 15 is 0 Å². The smallest absolute Gasteiger partial charge is 0.416 e. The largest absolute Gasteiger partial charge is 0.508 e.